The molecule has 6 heteroatoms. The highest BCUT2D eigenvalue weighted by atomic mass is 32.2. The van der Waals surface area contributed by atoms with E-state index in [1.165, 1.54) is 35.5 Å². The van der Waals surface area contributed by atoms with E-state index in [2.05, 4.69) is 66.5 Å². The number of anilines is 3. The first-order valence-corrected chi connectivity index (χ1v) is 12.2. The predicted octanol–water partition coefficient (Wildman–Crippen LogP) is 6.41. The molecular weight excluding hydrogens is 408 g/mol. The Balaban J connectivity index is 2.03. The smallest absolute Gasteiger partial charge is 0.306 e. The number of carboxylic acid groups (broad SMARTS) is 1. The molecule has 2 aromatic carbocycles. The Morgan fingerprint density at radius 1 is 1.26 bits per heavy atom. The Morgan fingerprint density at radius 3 is 2.68 bits per heavy atom. The molecule has 0 amide bonds. The maximum absolute atomic E-state index is 10.9. The summed E-state index contributed by atoms with van der Waals surface area (Å²) in [6, 6.07) is 14.8. The number of benzene rings is 2. The summed E-state index contributed by atoms with van der Waals surface area (Å²) >= 11 is 1.90. The standard InChI is InChI=1S/C25H34N2O3S/c1-4-6-13-25(5-2)17-27(19-10-8-7-9-11-19)21-15-20(26-3)22(16-23(21)31-18-25)30-14-12-24(28)29/h7-11,15-16,26H,4-6,12-14,17-18H2,1-3H3,(H,28,29). The number of hydrogen-bond donors (Lipinski definition) is 2. The van der Waals surface area contributed by atoms with E-state index in [0.717, 1.165) is 24.4 Å². The molecule has 3 rings (SSSR count). The summed E-state index contributed by atoms with van der Waals surface area (Å²) in [4.78, 5) is 14.5. The maximum Gasteiger partial charge on any atom is 0.306 e. The minimum absolute atomic E-state index is 0.0144. The van der Waals surface area contributed by atoms with Gasteiger partial charge in [0.05, 0.1) is 24.4 Å². The highest BCUT2D eigenvalue weighted by Gasteiger charge is 2.35. The number of carboxylic acids is 1. The Kier molecular flexibility index (Phi) is 8.13. The van der Waals surface area contributed by atoms with Crippen LogP contribution in [0.5, 0.6) is 5.75 Å². The van der Waals surface area contributed by atoms with E-state index in [4.69, 9.17) is 9.84 Å². The maximum atomic E-state index is 10.9. The molecule has 0 fully saturated rings. The number of nitrogens with one attached hydrogen (secondary N) is 1. The van der Waals surface area contributed by atoms with E-state index in [1.54, 1.807) is 0 Å². The summed E-state index contributed by atoms with van der Waals surface area (Å²) in [6.45, 7) is 5.72. The van der Waals surface area contributed by atoms with Gasteiger partial charge in [-0.15, -0.1) is 11.8 Å². The summed E-state index contributed by atoms with van der Waals surface area (Å²) in [5.74, 6) is 0.919. The molecule has 5 nitrogen and oxygen atoms in total. The molecule has 1 atom stereocenters. The summed E-state index contributed by atoms with van der Waals surface area (Å²) in [7, 11) is 1.88. The van der Waals surface area contributed by atoms with Crippen molar-refractivity contribution < 1.29 is 14.6 Å². The monoisotopic (exact) mass is 442 g/mol. The largest absolute Gasteiger partial charge is 0.491 e. The van der Waals surface area contributed by atoms with Gasteiger partial charge in [0.25, 0.3) is 0 Å². The fourth-order valence-corrected chi connectivity index (χ4v) is 5.48. The third-order valence-corrected chi connectivity index (χ3v) is 7.50. The van der Waals surface area contributed by atoms with E-state index in [-0.39, 0.29) is 18.4 Å². The Morgan fingerprint density at radius 2 is 2.03 bits per heavy atom. The molecule has 1 aliphatic heterocycles. The number of carbonyl (C=O) groups is 1. The molecule has 1 aliphatic rings. The lowest BCUT2D eigenvalue weighted by molar-refractivity contribution is -0.137. The number of fused-ring (bicyclic) bond motifs is 1. The number of aliphatic carboxylic acids is 1. The van der Waals surface area contributed by atoms with Crippen molar-refractivity contribution in [2.75, 3.05) is 36.2 Å². The first-order chi connectivity index (χ1) is 15.0. The van der Waals surface area contributed by atoms with Crippen molar-refractivity contribution in [2.24, 2.45) is 5.41 Å². The lowest BCUT2D eigenvalue weighted by Gasteiger charge is -2.37. The summed E-state index contributed by atoms with van der Waals surface area (Å²) < 4.78 is 5.85. The number of rotatable bonds is 10. The second-order valence-electron chi connectivity index (χ2n) is 8.23. The van der Waals surface area contributed by atoms with Crippen LogP contribution in [-0.2, 0) is 4.79 Å². The van der Waals surface area contributed by atoms with Gasteiger partial charge < -0.3 is 20.1 Å². The van der Waals surface area contributed by atoms with Crippen molar-refractivity contribution in [3.63, 3.8) is 0 Å². The summed E-state index contributed by atoms with van der Waals surface area (Å²) in [5.41, 5.74) is 3.49. The molecule has 0 aromatic heterocycles. The average Bonchev–Trinajstić information content (AvgIpc) is 2.95. The number of unbranched alkanes of at least 4 members (excludes halogenated alkanes) is 1. The van der Waals surface area contributed by atoms with E-state index < -0.39 is 5.97 Å². The quantitative estimate of drug-likeness (QED) is 0.443. The molecule has 2 aromatic rings. The number of nitrogens with zero attached hydrogens (tertiary/aromatic N) is 1. The first-order valence-electron chi connectivity index (χ1n) is 11.2. The molecule has 168 valence electrons. The number of para-hydroxylation sites is 1. The molecule has 0 aliphatic carbocycles. The minimum Gasteiger partial charge on any atom is -0.491 e. The van der Waals surface area contributed by atoms with Crippen LogP contribution < -0.4 is 15.0 Å². The van der Waals surface area contributed by atoms with Gasteiger partial charge in [-0.3, -0.25) is 4.79 Å². The topological polar surface area (TPSA) is 61.8 Å². The van der Waals surface area contributed by atoms with Crippen LogP contribution in [0.3, 0.4) is 0 Å². The lowest BCUT2D eigenvalue weighted by Crippen LogP contribution is -2.36. The van der Waals surface area contributed by atoms with Crippen LogP contribution in [0.1, 0.15) is 46.0 Å². The van der Waals surface area contributed by atoms with Gasteiger partial charge >= 0.3 is 5.97 Å². The average molecular weight is 443 g/mol. The Bertz CT molecular complexity index is 875. The SMILES string of the molecule is CCCCC1(CC)CSc2cc(OCCC(=O)O)c(NC)cc2N(c2ccccc2)C1. The second-order valence-corrected chi connectivity index (χ2v) is 9.24. The highest BCUT2D eigenvalue weighted by Crippen LogP contribution is 2.49. The third kappa shape index (κ3) is 5.67. The number of hydrogen-bond acceptors (Lipinski definition) is 5. The van der Waals surface area contributed by atoms with E-state index in [0.29, 0.717) is 5.75 Å². The van der Waals surface area contributed by atoms with Gasteiger partial charge in [0.2, 0.25) is 0 Å². The molecule has 1 unspecified atom stereocenters. The second kappa shape index (κ2) is 10.8. The van der Waals surface area contributed by atoms with E-state index in [9.17, 15) is 4.79 Å². The van der Waals surface area contributed by atoms with Gasteiger partial charge in [-0.2, -0.15) is 0 Å². The summed E-state index contributed by atoms with van der Waals surface area (Å²) in [6.07, 6.45) is 4.78. The third-order valence-electron chi connectivity index (χ3n) is 6.10. The molecule has 0 spiro atoms. The van der Waals surface area contributed by atoms with Gasteiger partial charge in [0.15, 0.2) is 0 Å². The summed E-state index contributed by atoms with van der Waals surface area (Å²) in [5, 5.41) is 12.2. The molecule has 1 heterocycles. The van der Waals surface area contributed by atoms with E-state index in [1.807, 2.05) is 18.8 Å². The number of ether oxygens (including phenoxy) is 1. The van der Waals surface area contributed by atoms with Crippen molar-refractivity contribution in [1.82, 2.24) is 0 Å². The van der Waals surface area contributed by atoms with Crippen LogP contribution in [0.2, 0.25) is 0 Å². The van der Waals surface area contributed by atoms with Crippen LogP contribution in [0.25, 0.3) is 0 Å². The van der Waals surface area contributed by atoms with Crippen molar-refractivity contribution in [2.45, 2.75) is 50.8 Å². The molecular formula is C25H34N2O3S. The molecule has 0 saturated heterocycles. The normalized spacial score (nSPS) is 18.2. The van der Waals surface area contributed by atoms with Crippen molar-refractivity contribution in [3.05, 3.63) is 42.5 Å². The Hall–Kier alpha value is -2.34. The van der Waals surface area contributed by atoms with Gasteiger partial charge in [-0.05, 0) is 42.5 Å². The lowest BCUT2D eigenvalue weighted by atomic mass is 9.81. The Labute approximate surface area is 190 Å². The fourth-order valence-electron chi connectivity index (χ4n) is 4.07. The molecule has 0 bridgehead atoms. The molecule has 0 saturated carbocycles. The molecule has 0 radical (unpaired) electrons. The van der Waals surface area contributed by atoms with Crippen molar-refractivity contribution >= 4 is 34.8 Å². The zero-order chi connectivity index (χ0) is 22.3. The van der Waals surface area contributed by atoms with Gasteiger partial charge in [-0.1, -0.05) is 44.9 Å². The van der Waals surface area contributed by atoms with Gasteiger partial charge in [-0.25, -0.2) is 0 Å². The fraction of sp³-hybridized carbons (Fsp3) is 0.480. The van der Waals surface area contributed by atoms with Gasteiger partial charge in [0, 0.05) is 29.9 Å². The zero-order valence-corrected chi connectivity index (χ0v) is 19.6. The minimum atomic E-state index is -0.853. The van der Waals surface area contributed by atoms with Crippen LogP contribution in [0, 0.1) is 5.41 Å². The van der Waals surface area contributed by atoms with Crippen LogP contribution in [0.4, 0.5) is 17.1 Å². The number of thioether (sulfide) groups is 1. The first kappa shape index (κ1) is 23.3. The van der Waals surface area contributed by atoms with Gasteiger partial charge in [0.1, 0.15) is 5.75 Å². The van der Waals surface area contributed by atoms with Crippen LogP contribution in [0.15, 0.2) is 47.4 Å². The van der Waals surface area contributed by atoms with Crippen LogP contribution >= 0.6 is 11.8 Å². The van der Waals surface area contributed by atoms with E-state index >= 15 is 0 Å². The highest BCUT2D eigenvalue weighted by molar-refractivity contribution is 7.99. The molecule has 2 N–H and O–H groups in total. The van der Waals surface area contributed by atoms with Crippen molar-refractivity contribution in [1.29, 1.82) is 0 Å². The van der Waals surface area contributed by atoms with Crippen molar-refractivity contribution in [3.8, 4) is 5.75 Å². The predicted molar refractivity (Wildman–Crippen MR) is 130 cm³/mol. The zero-order valence-electron chi connectivity index (χ0n) is 18.8. The molecule has 31 heavy (non-hydrogen) atoms. The van der Waals surface area contributed by atoms with Crippen LogP contribution in [-0.4, -0.2) is 37.0 Å².